The van der Waals surface area contributed by atoms with Gasteiger partial charge in [-0.2, -0.15) is 0 Å². The number of carbonyl (C=O) groups excluding carboxylic acids is 1. The molecule has 0 aliphatic heterocycles. The number of carbonyl (C=O) groups is 1. The van der Waals surface area contributed by atoms with Crippen LogP contribution in [0.4, 0.5) is 0 Å². The summed E-state index contributed by atoms with van der Waals surface area (Å²) in [5.41, 5.74) is 0.359. The van der Waals surface area contributed by atoms with E-state index in [1.165, 1.54) is 12.1 Å². The van der Waals surface area contributed by atoms with E-state index in [1.807, 2.05) is 25.9 Å². The quantitative estimate of drug-likeness (QED) is 0.631. The second-order valence-corrected chi connectivity index (χ2v) is 7.46. The molecule has 0 aliphatic rings. The van der Waals surface area contributed by atoms with Crippen LogP contribution >= 0.6 is 0 Å². The minimum Gasteiger partial charge on any atom is -0.352 e. The molecule has 0 aromatic heterocycles. The molecular weight excluding hydrogens is 314 g/mol. The highest BCUT2D eigenvalue weighted by Gasteiger charge is 2.15. The molecule has 7 heteroatoms. The molecule has 0 radical (unpaired) electrons. The van der Waals surface area contributed by atoms with E-state index in [1.54, 1.807) is 12.1 Å². The third kappa shape index (κ3) is 7.11. The van der Waals surface area contributed by atoms with E-state index in [-0.39, 0.29) is 10.8 Å². The van der Waals surface area contributed by atoms with E-state index in [0.717, 1.165) is 25.8 Å². The smallest absolute Gasteiger partial charge is 0.251 e. The van der Waals surface area contributed by atoms with Gasteiger partial charge in [0.15, 0.2) is 0 Å². The van der Waals surface area contributed by atoms with Gasteiger partial charge in [-0.1, -0.05) is 19.4 Å². The highest BCUT2D eigenvalue weighted by atomic mass is 32.2. The molecule has 0 saturated carbocycles. The monoisotopic (exact) mass is 341 g/mol. The Hall–Kier alpha value is -1.44. The fraction of sp³-hybridized carbons (Fsp3) is 0.562. The van der Waals surface area contributed by atoms with Crippen molar-refractivity contribution in [3.05, 3.63) is 29.8 Å². The first kappa shape index (κ1) is 19.6. The van der Waals surface area contributed by atoms with Gasteiger partial charge in [-0.05, 0) is 51.7 Å². The van der Waals surface area contributed by atoms with Crippen LogP contribution in [0.1, 0.15) is 36.5 Å². The Balaban J connectivity index is 2.68. The zero-order valence-electron chi connectivity index (χ0n) is 14.1. The number of rotatable bonds is 10. The number of unbranched alkanes of at least 4 members (excludes halogenated alkanes) is 1. The molecule has 0 spiro atoms. The van der Waals surface area contributed by atoms with Crippen molar-refractivity contribution in [2.45, 2.75) is 31.1 Å². The zero-order valence-corrected chi connectivity index (χ0v) is 14.9. The van der Waals surface area contributed by atoms with Crippen molar-refractivity contribution in [1.82, 2.24) is 14.9 Å². The second kappa shape index (κ2) is 9.64. The maximum Gasteiger partial charge on any atom is 0.251 e. The number of amides is 1. The standard InChI is InChI=1S/C16H27N3O3S/c1-4-5-10-17-16(20)14-8-6-9-15(13-14)23(21,22)18-11-7-12-19(2)3/h6,8-9,13,18H,4-5,7,10-12H2,1-3H3,(H,17,20). The highest BCUT2D eigenvalue weighted by Crippen LogP contribution is 2.11. The second-order valence-electron chi connectivity index (χ2n) is 5.69. The average Bonchev–Trinajstić information content (AvgIpc) is 2.52. The van der Waals surface area contributed by atoms with E-state index >= 15 is 0 Å². The molecule has 1 aromatic rings. The molecular formula is C16H27N3O3S. The van der Waals surface area contributed by atoms with Gasteiger partial charge in [0.05, 0.1) is 4.90 Å². The van der Waals surface area contributed by atoms with Crippen molar-refractivity contribution in [2.24, 2.45) is 0 Å². The van der Waals surface area contributed by atoms with Crippen LogP contribution in [0.3, 0.4) is 0 Å². The van der Waals surface area contributed by atoms with E-state index < -0.39 is 10.0 Å². The summed E-state index contributed by atoms with van der Waals surface area (Å²) >= 11 is 0. The summed E-state index contributed by atoms with van der Waals surface area (Å²) in [6.45, 7) is 3.81. The lowest BCUT2D eigenvalue weighted by Crippen LogP contribution is -2.28. The minimum absolute atomic E-state index is 0.116. The van der Waals surface area contributed by atoms with E-state index in [0.29, 0.717) is 18.7 Å². The first-order valence-electron chi connectivity index (χ1n) is 7.89. The van der Waals surface area contributed by atoms with Crippen LogP contribution < -0.4 is 10.0 Å². The van der Waals surface area contributed by atoms with Crippen LogP contribution in [0.15, 0.2) is 29.2 Å². The van der Waals surface area contributed by atoms with Gasteiger partial charge in [-0.25, -0.2) is 13.1 Å². The number of nitrogens with one attached hydrogen (secondary N) is 2. The van der Waals surface area contributed by atoms with Crippen LogP contribution in [0, 0.1) is 0 Å². The molecule has 0 aliphatic carbocycles. The van der Waals surface area contributed by atoms with E-state index in [2.05, 4.69) is 10.0 Å². The van der Waals surface area contributed by atoms with Gasteiger partial charge in [0.1, 0.15) is 0 Å². The van der Waals surface area contributed by atoms with Crippen molar-refractivity contribution in [3.63, 3.8) is 0 Å². The summed E-state index contributed by atoms with van der Waals surface area (Å²) < 4.78 is 27.1. The Bertz CT molecular complexity index is 600. The van der Waals surface area contributed by atoms with Crippen LogP contribution in [-0.2, 0) is 10.0 Å². The topological polar surface area (TPSA) is 78.5 Å². The summed E-state index contributed by atoms with van der Waals surface area (Å²) in [5.74, 6) is -0.247. The molecule has 23 heavy (non-hydrogen) atoms. The lowest BCUT2D eigenvalue weighted by Gasteiger charge is -2.11. The largest absolute Gasteiger partial charge is 0.352 e. The molecule has 1 aromatic carbocycles. The average molecular weight is 341 g/mol. The Morgan fingerprint density at radius 1 is 1.17 bits per heavy atom. The molecule has 6 nitrogen and oxygen atoms in total. The molecule has 130 valence electrons. The van der Waals surface area contributed by atoms with Gasteiger partial charge in [-0.15, -0.1) is 0 Å². The van der Waals surface area contributed by atoms with E-state index in [9.17, 15) is 13.2 Å². The van der Waals surface area contributed by atoms with Crippen molar-refractivity contribution in [2.75, 3.05) is 33.7 Å². The van der Waals surface area contributed by atoms with Gasteiger partial charge in [0, 0.05) is 18.7 Å². The SMILES string of the molecule is CCCCNC(=O)c1cccc(S(=O)(=O)NCCCN(C)C)c1. The molecule has 0 fully saturated rings. The summed E-state index contributed by atoms with van der Waals surface area (Å²) in [4.78, 5) is 14.1. The van der Waals surface area contributed by atoms with E-state index in [4.69, 9.17) is 0 Å². The fourth-order valence-corrected chi connectivity index (χ4v) is 3.09. The third-order valence-corrected chi connectivity index (χ3v) is 4.76. The number of hydrogen-bond donors (Lipinski definition) is 2. The Labute approximate surface area is 139 Å². The van der Waals surface area contributed by atoms with Crippen molar-refractivity contribution >= 4 is 15.9 Å². The maximum atomic E-state index is 12.3. The maximum absolute atomic E-state index is 12.3. The number of hydrogen-bond acceptors (Lipinski definition) is 4. The van der Waals surface area contributed by atoms with Gasteiger partial charge in [0.2, 0.25) is 10.0 Å². The molecule has 1 rings (SSSR count). The molecule has 1 amide bonds. The minimum atomic E-state index is -3.59. The number of benzene rings is 1. The number of nitrogens with zero attached hydrogens (tertiary/aromatic N) is 1. The molecule has 2 N–H and O–H groups in total. The van der Waals surface area contributed by atoms with Crippen molar-refractivity contribution in [3.8, 4) is 0 Å². The Kier molecular flexibility index (Phi) is 8.22. The Morgan fingerprint density at radius 3 is 2.57 bits per heavy atom. The highest BCUT2D eigenvalue weighted by molar-refractivity contribution is 7.89. The summed E-state index contributed by atoms with van der Waals surface area (Å²) in [7, 11) is 0.291. The lowest BCUT2D eigenvalue weighted by atomic mass is 10.2. The summed E-state index contributed by atoms with van der Waals surface area (Å²) in [6.07, 6.45) is 2.62. The fourth-order valence-electron chi connectivity index (χ4n) is 1.97. The molecule has 0 saturated heterocycles. The first-order chi connectivity index (χ1) is 10.9. The number of sulfonamides is 1. The predicted molar refractivity (Wildman–Crippen MR) is 92.0 cm³/mol. The zero-order chi connectivity index (χ0) is 17.3. The molecule has 0 atom stereocenters. The summed E-state index contributed by atoms with van der Waals surface area (Å²) in [6, 6.07) is 6.11. The predicted octanol–water partition coefficient (Wildman–Crippen LogP) is 1.45. The molecule has 0 bridgehead atoms. The molecule has 0 unspecified atom stereocenters. The van der Waals surface area contributed by atoms with Gasteiger partial charge in [0.25, 0.3) is 5.91 Å². The summed E-state index contributed by atoms with van der Waals surface area (Å²) in [5, 5.41) is 2.78. The van der Waals surface area contributed by atoms with Crippen LogP contribution in [0.2, 0.25) is 0 Å². The first-order valence-corrected chi connectivity index (χ1v) is 9.38. The van der Waals surface area contributed by atoms with Crippen LogP contribution in [0.25, 0.3) is 0 Å². The third-order valence-electron chi connectivity index (χ3n) is 3.30. The van der Waals surface area contributed by atoms with Crippen molar-refractivity contribution < 1.29 is 13.2 Å². The van der Waals surface area contributed by atoms with Crippen LogP contribution in [0.5, 0.6) is 0 Å². The van der Waals surface area contributed by atoms with Crippen molar-refractivity contribution in [1.29, 1.82) is 0 Å². The van der Waals surface area contributed by atoms with Crippen LogP contribution in [-0.4, -0.2) is 53.0 Å². The Morgan fingerprint density at radius 2 is 1.91 bits per heavy atom. The molecule has 0 heterocycles. The van der Waals surface area contributed by atoms with Gasteiger partial charge >= 0.3 is 0 Å². The normalized spacial score (nSPS) is 11.7. The van der Waals surface area contributed by atoms with Gasteiger partial charge < -0.3 is 10.2 Å². The lowest BCUT2D eigenvalue weighted by molar-refractivity contribution is 0.0953. The van der Waals surface area contributed by atoms with Gasteiger partial charge in [-0.3, -0.25) is 4.79 Å².